The zero-order chi connectivity index (χ0) is 24.8. The number of quaternary nitrogens is 1. The van der Waals surface area contributed by atoms with Gasteiger partial charge in [-0.05, 0) is 12.8 Å². The fourth-order valence-corrected chi connectivity index (χ4v) is 4.16. The Morgan fingerprint density at radius 1 is 0.697 bits per heavy atom. The Labute approximate surface area is 205 Å². The SMILES string of the molecule is CCCCCCCCOCC(COP(=O)(OC)OCC[N+](C)(C)C)OCCCCCCCC. The van der Waals surface area contributed by atoms with Crippen LogP contribution in [0.3, 0.4) is 0 Å². The second-order valence-corrected chi connectivity index (χ2v) is 11.7. The smallest absolute Gasteiger partial charge is 0.379 e. The molecule has 33 heavy (non-hydrogen) atoms. The van der Waals surface area contributed by atoms with E-state index in [1.54, 1.807) is 0 Å². The molecule has 0 bridgehead atoms. The quantitative estimate of drug-likeness (QED) is 0.0806. The Balaban J connectivity index is 4.39. The number of hydrogen-bond donors (Lipinski definition) is 0. The first-order valence-corrected chi connectivity index (χ1v) is 14.7. The van der Waals surface area contributed by atoms with Crippen molar-refractivity contribution in [2.75, 3.05) is 67.8 Å². The lowest BCUT2D eigenvalue weighted by Gasteiger charge is -2.25. The van der Waals surface area contributed by atoms with Crippen LogP contribution in [0, 0.1) is 0 Å². The second-order valence-electron chi connectivity index (χ2n) is 9.88. The normalized spacial score (nSPS) is 15.0. The van der Waals surface area contributed by atoms with E-state index in [9.17, 15) is 4.57 Å². The van der Waals surface area contributed by atoms with Crippen LogP contribution in [-0.4, -0.2) is 78.4 Å². The van der Waals surface area contributed by atoms with Gasteiger partial charge in [0.1, 0.15) is 19.3 Å². The van der Waals surface area contributed by atoms with Crippen molar-refractivity contribution in [2.24, 2.45) is 0 Å². The topological polar surface area (TPSA) is 63.2 Å². The van der Waals surface area contributed by atoms with Gasteiger partial charge in [-0.15, -0.1) is 0 Å². The highest BCUT2D eigenvalue weighted by Crippen LogP contribution is 2.48. The third kappa shape index (κ3) is 22.2. The lowest BCUT2D eigenvalue weighted by atomic mass is 10.1. The molecule has 0 aliphatic heterocycles. The van der Waals surface area contributed by atoms with E-state index in [1.807, 2.05) is 0 Å². The van der Waals surface area contributed by atoms with E-state index in [2.05, 4.69) is 35.0 Å². The van der Waals surface area contributed by atoms with E-state index in [1.165, 1.54) is 64.9 Å². The van der Waals surface area contributed by atoms with Crippen LogP contribution < -0.4 is 0 Å². The summed E-state index contributed by atoms with van der Waals surface area (Å²) < 4.78 is 41.5. The third-order valence-corrected chi connectivity index (χ3v) is 6.86. The maximum Gasteiger partial charge on any atom is 0.474 e. The molecule has 0 heterocycles. The Morgan fingerprint density at radius 2 is 1.24 bits per heavy atom. The highest BCUT2D eigenvalue weighted by Gasteiger charge is 2.28. The molecule has 0 amide bonds. The number of unbranched alkanes of at least 4 members (excludes halogenated alkanes) is 10. The predicted octanol–water partition coefficient (Wildman–Crippen LogP) is 6.60. The summed E-state index contributed by atoms with van der Waals surface area (Å²) in [6, 6.07) is 0. The van der Waals surface area contributed by atoms with E-state index in [-0.39, 0.29) is 12.7 Å². The number of nitrogens with zero attached hydrogens (tertiary/aromatic N) is 1. The fraction of sp³-hybridized carbons (Fsp3) is 1.00. The zero-order valence-corrected chi connectivity index (χ0v) is 23.5. The van der Waals surface area contributed by atoms with Gasteiger partial charge in [-0.2, -0.15) is 0 Å². The van der Waals surface area contributed by atoms with E-state index in [0.29, 0.717) is 37.5 Å². The molecule has 0 spiro atoms. The van der Waals surface area contributed by atoms with E-state index >= 15 is 0 Å². The van der Waals surface area contributed by atoms with Crippen LogP contribution in [0.25, 0.3) is 0 Å². The van der Waals surface area contributed by atoms with Crippen LogP contribution in [0.2, 0.25) is 0 Å². The number of likely N-dealkylation sites (N-methyl/N-ethyl adjacent to an activating group) is 1. The van der Waals surface area contributed by atoms with Crippen LogP contribution in [0.5, 0.6) is 0 Å². The fourth-order valence-electron chi connectivity index (χ4n) is 3.22. The molecule has 8 heteroatoms. The van der Waals surface area contributed by atoms with Gasteiger partial charge in [0.15, 0.2) is 0 Å². The molecule has 0 N–H and O–H groups in total. The van der Waals surface area contributed by atoms with Crippen molar-refractivity contribution in [3.8, 4) is 0 Å². The molecule has 0 saturated heterocycles. The van der Waals surface area contributed by atoms with Crippen molar-refractivity contribution in [3.05, 3.63) is 0 Å². The van der Waals surface area contributed by atoms with Gasteiger partial charge in [0.2, 0.25) is 0 Å². The predicted molar refractivity (Wildman–Crippen MR) is 137 cm³/mol. The molecule has 0 aromatic carbocycles. The van der Waals surface area contributed by atoms with Crippen molar-refractivity contribution in [2.45, 2.75) is 97.0 Å². The Hall–Kier alpha value is -0.0100. The number of ether oxygens (including phenoxy) is 2. The lowest BCUT2D eigenvalue weighted by Crippen LogP contribution is -2.37. The summed E-state index contributed by atoms with van der Waals surface area (Å²) in [5.74, 6) is 0. The minimum absolute atomic E-state index is 0.127. The summed E-state index contributed by atoms with van der Waals surface area (Å²) in [6.07, 6.45) is 14.3. The molecule has 0 aromatic rings. The standard InChI is InChI=1S/C25H55NO6P/c1-7-9-11-13-15-17-20-29-23-25(30-21-18-16-14-12-10-8-2)24-32-33(27,28-6)31-22-19-26(3,4)5/h25H,7-24H2,1-6H3/q+1. The molecule has 200 valence electrons. The average Bonchev–Trinajstić information content (AvgIpc) is 2.77. The van der Waals surface area contributed by atoms with Crippen molar-refractivity contribution in [1.82, 2.24) is 0 Å². The largest absolute Gasteiger partial charge is 0.474 e. The van der Waals surface area contributed by atoms with E-state index < -0.39 is 7.82 Å². The highest BCUT2D eigenvalue weighted by molar-refractivity contribution is 7.48. The van der Waals surface area contributed by atoms with E-state index in [0.717, 1.165) is 19.3 Å². The van der Waals surface area contributed by atoms with E-state index in [4.69, 9.17) is 23.0 Å². The highest BCUT2D eigenvalue weighted by atomic mass is 31.2. The zero-order valence-electron chi connectivity index (χ0n) is 22.6. The first-order valence-electron chi connectivity index (χ1n) is 13.2. The van der Waals surface area contributed by atoms with Gasteiger partial charge in [0.25, 0.3) is 0 Å². The van der Waals surface area contributed by atoms with Crippen molar-refractivity contribution in [1.29, 1.82) is 0 Å². The second kappa shape index (κ2) is 21.3. The summed E-state index contributed by atoms with van der Waals surface area (Å²) in [5, 5.41) is 0. The molecule has 2 unspecified atom stereocenters. The maximum absolute atomic E-state index is 12.8. The van der Waals surface area contributed by atoms with Gasteiger partial charge in [0, 0.05) is 20.3 Å². The van der Waals surface area contributed by atoms with Crippen LogP contribution in [-0.2, 0) is 27.6 Å². The molecule has 0 saturated carbocycles. The Morgan fingerprint density at radius 3 is 1.79 bits per heavy atom. The average molecular weight is 497 g/mol. The summed E-state index contributed by atoms with van der Waals surface area (Å²) >= 11 is 0. The van der Waals surface area contributed by atoms with Crippen LogP contribution >= 0.6 is 7.82 Å². The van der Waals surface area contributed by atoms with Crippen molar-refractivity contribution in [3.63, 3.8) is 0 Å². The Bertz CT molecular complexity index is 472. The van der Waals surface area contributed by atoms with Crippen molar-refractivity contribution >= 4 is 7.82 Å². The van der Waals surface area contributed by atoms with Crippen LogP contribution in [0.1, 0.15) is 90.9 Å². The summed E-state index contributed by atoms with van der Waals surface area (Å²) in [5.41, 5.74) is 0. The molecule has 7 nitrogen and oxygen atoms in total. The molecule has 0 aliphatic carbocycles. The molecular formula is C25H55NO6P+. The molecule has 0 radical (unpaired) electrons. The van der Waals surface area contributed by atoms with Gasteiger partial charge in [-0.25, -0.2) is 4.57 Å². The van der Waals surface area contributed by atoms with Crippen molar-refractivity contribution < 1.29 is 32.1 Å². The van der Waals surface area contributed by atoms with Crippen LogP contribution in [0.4, 0.5) is 0 Å². The molecular weight excluding hydrogens is 441 g/mol. The minimum atomic E-state index is -3.60. The lowest BCUT2D eigenvalue weighted by molar-refractivity contribution is -0.870. The molecule has 0 rings (SSSR count). The summed E-state index contributed by atoms with van der Waals surface area (Å²) in [4.78, 5) is 0. The number of phosphoric ester groups is 1. The molecule has 2 atom stereocenters. The first-order chi connectivity index (χ1) is 15.8. The molecule has 0 aliphatic rings. The third-order valence-electron chi connectivity index (χ3n) is 5.45. The van der Waals surface area contributed by atoms with Gasteiger partial charge < -0.3 is 14.0 Å². The van der Waals surface area contributed by atoms with Gasteiger partial charge in [-0.1, -0.05) is 78.1 Å². The van der Waals surface area contributed by atoms with Gasteiger partial charge in [-0.3, -0.25) is 13.6 Å². The maximum atomic E-state index is 12.8. The van der Waals surface area contributed by atoms with Crippen LogP contribution in [0.15, 0.2) is 0 Å². The van der Waals surface area contributed by atoms with Gasteiger partial charge >= 0.3 is 7.82 Å². The first kappa shape index (κ1) is 33.0. The monoisotopic (exact) mass is 496 g/mol. The molecule has 0 aromatic heterocycles. The van der Waals surface area contributed by atoms with Gasteiger partial charge in [0.05, 0.1) is 34.4 Å². The number of hydrogen-bond acceptors (Lipinski definition) is 6. The Kier molecular flexibility index (Phi) is 21.3. The number of phosphoric acid groups is 1. The summed E-state index contributed by atoms with van der Waals surface area (Å²) in [6.45, 7) is 7.38. The molecule has 0 fully saturated rings. The summed E-state index contributed by atoms with van der Waals surface area (Å²) in [7, 11) is 3.90. The minimum Gasteiger partial charge on any atom is -0.379 e. The number of rotatable bonds is 25.